The number of carbonyl (C=O) groups excluding carboxylic acids is 2. The second-order valence-electron chi connectivity index (χ2n) is 2.94. The van der Waals surface area contributed by atoms with Crippen molar-refractivity contribution in [3.8, 4) is 0 Å². The third-order valence-corrected chi connectivity index (χ3v) is 2.10. The predicted octanol–water partition coefficient (Wildman–Crippen LogP) is 0.617. The minimum absolute atomic E-state index is 0.0445. The lowest BCUT2D eigenvalue weighted by molar-refractivity contribution is -0.147. The van der Waals surface area contributed by atoms with Gasteiger partial charge in [-0.3, -0.25) is 4.79 Å². The van der Waals surface area contributed by atoms with Crippen molar-refractivity contribution in [2.45, 2.75) is 12.6 Å². The van der Waals surface area contributed by atoms with E-state index in [9.17, 15) is 14.0 Å². The maximum atomic E-state index is 12.9. The highest BCUT2D eigenvalue weighted by molar-refractivity contribution is 5.96. The van der Waals surface area contributed by atoms with Gasteiger partial charge in [-0.05, 0) is 12.5 Å². The Hall–Kier alpha value is -1.39. The lowest BCUT2D eigenvalue weighted by Gasteiger charge is -2.09. The van der Waals surface area contributed by atoms with Crippen LogP contribution in [0, 0.1) is 5.92 Å². The summed E-state index contributed by atoms with van der Waals surface area (Å²) in [6.07, 6.45) is -0.224. The molecule has 5 heteroatoms. The topological polar surface area (TPSA) is 52.6 Å². The highest BCUT2D eigenvalue weighted by Crippen LogP contribution is 2.29. The number of esters is 2. The number of methoxy groups -OCH3 is 2. The summed E-state index contributed by atoms with van der Waals surface area (Å²) in [7, 11) is 2.38. The molecule has 1 unspecified atom stereocenters. The molecule has 1 aliphatic carbocycles. The summed E-state index contributed by atoms with van der Waals surface area (Å²) in [4.78, 5) is 22.3. The maximum Gasteiger partial charge on any atom is 0.334 e. The van der Waals surface area contributed by atoms with Gasteiger partial charge in [0.25, 0.3) is 0 Å². The van der Waals surface area contributed by atoms with Crippen LogP contribution in [0.4, 0.5) is 4.39 Å². The SMILES string of the molecule is COC(=O)C1=CC(F)C[C@H]1C(=O)OC. The van der Waals surface area contributed by atoms with Gasteiger partial charge in [0.2, 0.25) is 0 Å². The summed E-state index contributed by atoms with van der Waals surface area (Å²) in [5.41, 5.74) is 0.0480. The third-order valence-electron chi connectivity index (χ3n) is 2.10. The number of allylic oxidation sites excluding steroid dienone is 1. The van der Waals surface area contributed by atoms with E-state index in [2.05, 4.69) is 9.47 Å². The number of hydrogen-bond acceptors (Lipinski definition) is 4. The lowest BCUT2D eigenvalue weighted by Crippen LogP contribution is -2.21. The zero-order chi connectivity index (χ0) is 10.7. The minimum atomic E-state index is -1.28. The fourth-order valence-corrected chi connectivity index (χ4v) is 1.42. The van der Waals surface area contributed by atoms with Crippen LogP contribution in [0.2, 0.25) is 0 Å². The highest BCUT2D eigenvalue weighted by Gasteiger charge is 2.36. The third kappa shape index (κ3) is 1.92. The molecule has 0 bridgehead atoms. The fraction of sp³-hybridized carbons (Fsp3) is 0.556. The molecule has 0 aromatic heterocycles. The average Bonchev–Trinajstić information content (AvgIpc) is 2.58. The Kier molecular flexibility index (Phi) is 3.22. The van der Waals surface area contributed by atoms with Crippen LogP contribution < -0.4 is 0 Å². The second kappa shape index (κ2) is 4.21. The second-order valence-corrected chi connectivity index (χ2v) is 2.94. The minimum Gasteiger partial charge on any atom is -0.469 e. The molecule has 0 heterocycles. The molecule has 0 aromatic carbocycles. The Balaban J connectivity index is 2.84. The molecule has 0 amide bonds. The van der Waals surface area contributed by atoms with E-state index in [1.165, 1.54) is 14.2 Å². The Labute approximate surface area is 80.7 Å². The average molecular weight is 202 g/mol. The van der Waals surface area contributed by atoms with E-state index in [0.29, 0.717) is 0 Å². The van der Waals surface area contributed by atoms with Crippen LogP contribution in [0.3, 0.4) is 0 Å². The van der Waals surface area contributed by atoms with Crippen molar-refractivity contribution in [3.63, 3.8) is 0 Å². The van der Waals surface area contributed by atoms with E-state index < -0.39 is 24.0 Å². The fourth-order valence-electron chi connectivity index (χ4n) is 1.42. The van der Waals surface area contributed by atoms with E-state index in [-0.39, 0.29) is 12.0 Å². The Morgan fingerprint density at radius 1 is 1.43 bits per heavy atom. The molecule has 14 heavy (non-hydrogen) atoms. The van der Waals surface area contributed by atoms with Gasteiger partial charge >= 0.3 is 11.9 Å². The van der Waals surface area contributed by atoms with Gasteiger partial charge < -0.3 is 9.47 Å². The smallest absolute Gasteiger partial charge is 0.334 e. The first-order valence-corrected chi connectivity index (χ1v) is 4.12. The monoisotopic (exact) mass is 202 g/mol. The normalized spacial score (nSPS) is 25.5. The van der Waals surface area contributed by atoms with E-state index in [0.717, 1.165) is 6.08 Å². The predicted molar refractivity (Wildman–Crippen MR) is 45.1 cm³/mol. The Morgan fingerprint density at radius 3 is 2.57 bits per heavy atom. The maximum absolute atomic E-state index is 12.9. The van der Waals surface area contributed by atoms with Crippen LogP contribution in [0.15, 0.2) is 11.6 Å². The number of hydrogen-bond donors (Lipinski definition) is 0. The van der Waals surface area contributed by atoms with Crippen LogP contribution in [-0.4, -0.2) is 32.3 Å². The van der Waals surface area contributed by atoms with Crippen molar-refractivity contribution in [1.82, 2.24) is 0 Å². The summed E-state index contributed by atoms with van der Waals surface area (Å²) in [6.45, 7) is 0. The molecule has 0 radical (unpaired) electrons. The molecule has 0 spiro atoms. The molecular weight excluding hydrogens is 191 g/mol. The quantitative estimate of drug-likeness (QED) is 0.616. The summed E-state index contributed by atoms with van der Waals surface area (Å²) in [5.74, 6) is -2.12. The van der Waals surface area contributed by atoms with Gasteiger partial charge in [0, 0.05) is 0 Å². The van der Waals surface area contributed by atoms with Gasteiger partial charge in [0.05, 0.1) is 25.7 Å². The van der Waals surface area contributed by atoms with E-state index in [1.54, 1.807) is 0 Å². The highest BCUT2D eigenvalue weighted by atomic mass is 19.1. The standard InChI is InChI=1S/C9H11FO4/c1-13-8(11)6-3-5(10)4-7(6)9(12)14-2/h3,5,7H,4H2,1-2H3/t5?,7-/m1/s1. The van der Waals surface area contributed by atoms with Gasteiger partial charge in [-0.15, -0.1) is 0 Å². The van der Waals surface area contributed by atoms with Crippen molar-refractivity contribution in [1.29, 1.82) is 0 Å². The van der Waals surface area contributed by atoms with Gasteiger partial charge in [0.1, 0.15) is 6.17 Å². The van der Waals surface area contributed by atoms with E-state index in [1.807, 2.05) is 0 Å². The molecule has 0 fully saturated rings. The molecule has 0 N–H and O–H groups in total. The molecule has 0 saturated carbocycles. The molecule has 0 aromatic rings. The lowest BCUT2D eigenvalue weighted by atomic mass is 10.0. The molecule has 1 rings (SSSR count). The van der Waals surface area contributed by atoms with Gasteiger partial charge in [-0.2, -0.15) is 0 Å². The zero-order valence-corrected chi connectivity index (χ0v) is 7.95. The number of alkyl halides is 1. The van der Waals surface area contributed by atoms with Crippen LogP contribution in [0.1, 0.15) is 6.42 Å². The molecule has 0 saturated heterocycles. The summed E-state index contributed by atoms with van der Waals surface area (Å²) < 4.78 is 21.8. The zero-order valence-electron chi connectivity index (χ0n) is 7.95. The number of carbonyl (C=O) groups is 2. The van der Waals surface area contributed by atoms with Crippen molar-refractivity contribution in [2.24, 2.45) is 5.92 Å². The first-order valence-electron chi connectivity index (χ1n) is 4.12. The van der Waals surface area contributed by atoms with Crippen molar-refractivity contribution in [2.75, 3.05) is 14.2 Å². The van der Waals surface area contributed by atoms with Crippen molar-refractivity contribution < 1.29 is 23.5 Å². The Morgan fingerprint density at radius 2 is 2.07 bits per heavy atom. The van der Waals surface area contributed by atoms with E-state index >= 15 is 0 Å². The number of ether oxygens (including phenoxy) is 2. The van der Waals surface area contributed by atoms with Crippen LogP contribution >= 0.6 is 0 Å². The van der Waals surface area contributed by atoms with Crippen LogP contribution in [-0.2, 0) is 19.1 Å². The molecule has 78 valence electrons. The summed E-state index contributed by atoms with van der Waals surface area (Å²) in [6, 6.07) is 0. The summed E-state index contributed by atoms with van der Waals surface area (Å²) >= 11 is 0. The van der Waals surface area contributed by atoms with Gasteiger partial charge in [-0.25, -0.2) is 9.18 Å². The first-order chi connectivity index (χ1) is 6.60. The van der Waals surface area contributed by atoms with Gasteiger partial charge in [-0.1, -0.05) is 0 Å². The molecule has 0 aliphatic heterocycles. The molecule has 1 aliphatic rings. The first kappa shape index (κ1) is 10.7. The summed E-state index contributed by atoms with van der Waals surface area (Å²) in [5, 5.41) is 0. The molecule has 4 nitrogen and oxygen atoms in total. The largest absolute Gasteiger partial charge is 0.469 e. The Bertz CT molecular complexity index is 285. The number of rotatable bonds is 2. The van der Waals surface area contributed by atoms with Gasteiger partial charge in [0.15, 0.2) is 0 Å². The van der Waals surface area contributed by atoms with Crippen LogP contribution in [0.5, 0.6) is 0 Å². The molecule has 2 atom stereocenters. The van der Waals surface area contributed by atoms with Crippen molar-refractivity contribution >= 4 is 11.9 Å². The molecular formula is C9H11FO4. The van der Waals surface area contributed by atoms with Crippen molar-refractivity contribution in [3.05, 3.63) is 11.6 Å². The van der Waals surface area contributed by atoms with E-state index in [4.69, 9.17) is 0 Å². The number of halogens is 1. The van der Waals surface area contributed by atoms with Crippen LogP contribution in [0.25, 0.3) is 0 Å².